The minimum absolute atomic E-state index is 0.146. The third-order valence-electron chi connectivity index (χ3n) is 6.40. The Morgan fingerprint density at radius 3 is 2.12 bits per heavy atom. The van der Waals surface area contributed by atoms with Gasteiger partial charge in [0.1, 0.15) is 0 Å². The maximum absolute atomic E-state index is 14.0. The van der Waals surface area contributed by atoms with E-state index in [1.165, 1.54) is 25.7 Å². The molecule has 1 aliphatic carbocycles. The van der Waals surface area contributed by atoms with Gasteiger partial charge in [0.05, 0.1) is 6.67 Å². The van der Waals surface area contributed by atoms with E-state index in [0.29, 0.717) is 23.8 Å². The zero-order chi connectivity index (χ0) is 24.6. The van der Waals surface area contributed by atoms with Crippen molar-refractivity contribution in [2.45, 2.75) is 64.1 Å². The monoisotopic (exact) mass is 484 g/mol. The number of rotatable bonds is 10. The molecule has 2 aromatic rings. The normalized spacial score (nSPS) is 19.0. The zero-order valence-electron chi connectivity index (χ0n) is 19.0. The van der Waals surface area contributed by atoms with Gasteiger partial charge in [-0.05, 0) is 98.4 Å². The number of ether oxygens (including phenoxy) is 1. The van der Waals surface area contributed by atoms with E-state index in [1.807, 2.05) is 12.1 Å². The van der Waals surface area contributed by atoms with Gasteiger partial charge in [-0.2, -0.15) is 0 Å². The number of alkyl halides is 4. The molecule has 0 bridgehead atoms. The zero-order valence-corrected chi connectivity index (χ0v) is 19.0. The Balaban J connectivity index is 1.49. The Kier molecular flexibility index (Phi) is 9.48. The second-order valence-corrected chi connectivity index (χ2v) is 8.95. The Hall–Kier alpha value is -2.44. The highest BCUT2D eigenvalue weighted by atomic mass is 19.4. The summed E-state index contributed by atoms with van der Waals surface area (Å²) in [5.74, 6) is -2.96. The molecule has 3 rings (SSSR count). The first-order valence-electron chi connectivity index (χ1n) is 11.8. The van der Waals surface area contributed by atoms with Crippen molar-refractivity contribution < 1.29 is 31.1 Å². The minimum atomic E-state index is -5.17. The molecule has 0 unspecified atom stereocenters. The summed E-state index contributed by atoms with van der Waals surface area (Å²) < 4.78 is 80.5. The summed E-state index contributed by atoms with van der Waals surface area (Å²) in [7, 11) is 0. The van der Waals surface area contributed by atoms with Crippen molar-refractivity contribution in [1.29, 1.82) is 0 Å². The van der Waals surface area contributed by atoms with Crippen LogP contribution in [0.5, 0.6) is 5.75 Å². The molecule has 0 saturated heterocycles. The van der Waals surface area contributed by atoms with Crippen molar-refractivity contribution in [2.24, 2.45) is 11.8 Å². The first kappa shape index (κ1) is 26.2. The van der Waals surface area contributed by atoms with Gasteiger partial charge in [-0.3, -0.25) is 4.39 Å². The molecule has 34 heavy (non-hydrogen) atoms. The van der Waals surface area contributed by atoms with E-state index in [9.17, 15) is 26.3 Å². The number of benzene rings is 2. The van der Waals surface area contributed by atoms with Gasteiger partial charge in [0.25, 0.3) is 0 Å². The molecule has 0 aromatic heterocycles. The van der Waals surface area contributed by atoms with E-state index in [-0.39, 0.29) is 12.2 Å². The van der Waals surface area contributed by atoms with Crippen molar-refractivity contribution in [1.82, 2.24) is 0 Å². The molecule has 186 valence electrons. The molecule has 0 N–H and O–H groups in total. The number of aryl methyl sites for hydroxylation is 1. The smallest absolute Gasteiger partial charge is 0.399 e. The van der Waals surface area contributed by atoms with Crippen LogP contribution in [0.2, 0.25) is 0 Å². The lowest BCUT2D eigenvalue weighted by Gasteiger charge is -2.26. The van der Waals surface area contributed by atoms with Gasteiger partial charge < -0.3 is 4.74 Å². The van der Waals surface area contributed by atoms with Crippen LogP contribution in [0.1, 0.15) is 56.9 Å². The highest BCUT2D eigenvalue weighted by Gasteiger charge is 2.34. The van der Waals surface area contributed by atoms with Crippen LogP contribution >= 0.6 is 0 Å². The van der Waals surface area contributed by atoms with Crippen molar-refractivity contribution in [3.8, 4) is 16.9 Å². The number of unbranched alkanes of at least 4 members (excludes halogenated alkanes) is 2. The number of hydrogen-bond donors (Lipinski definition) is 0. The predicted octanol–water partition coefficient (Wildman–Crippen LogP) is 8.97. The fraction of sp³-hybridized carbons (Fsp3) is 0.481. The molecule has 1 aliphatic rings. The standard InChI is InChI=1S/C27H30F6O/c28-16-4-2-1-3-5-19-6-8-20(9-7-19)10-11-21-12-14-22(15-13-21)23-17-24(29)26(25(30)18-23)34-27(31,32)33/h3,5,12-15,17-20H,1-2,4,6-11,16H2/b5-3+/t19-,20-. The number of hydrogen-bond acceptors (Lipinski definition) is 1. The second kappa shape index (κ2) is 12.3. The summed E-state index contributed by atoms with van der Waals surface area (Å²) in [5.41, 5.74) is 1.77. The largest absolute Gasteiger partial charge is 0.573 e. The summed E-state index contributed by atoms with van der Waals surface area (Å²) in [6, 6.07) is 8.89. The molecule has 0 amide bonds. The second-order valence-electron chi connectivity index (χ2n) is 8.95. The van der Waals surface area contributed by atoms with Crippen LogP contribution in [0.15, 0.2) is 48.6 Å². The Morgan fingerprint density at radius 2 is 1.53 bits per heavy atom. The third-order valence-corrected chi connectivity index (χ3v) is 6.40. The Labute approximate surface area is 196 Å². The summed E-state index contributed by atoms with van der Waals surface area (Å²) in [4.78, 5) is 0. The van der Waals surface area contributed by atoms with Gasteiger partial charge >= 0.3 is 6.36 Å². The van der Waals surface area contributed by atoms with Gasteiger partial charge in [-0.25, -0.2) is 8.78 Å². The molecule has 1 saturated carbocycles. The summed E-state index contributed by atoms with van der Waals surface area (Å²) >= 11 is 0. The van der Waals surface area contributed by atoms with E-state index >= 15 is 0 Å². The molecule has 1 fully saturated rings. The average Bonchev–Trinajstić information content (AvgIpc) is 2.80. The van der Waals surface area contributed by atoms with Crippen LogP contribution in [-0.2, 0) is 6.42 Å². The van der Waals surface area contributed by atoms with Crippen molar-refractivity contribution >= 4 is 0 Å². The molecule has 1 nitrogen and oxygen atoms in total. The minimum Gasteiger partial charge on any atom is -0.399 e. The van der Waals surface area contributed by atoms with Crippen LogP contribution < -0.4 is 4.74 Å². The van der Waals surface area contributed by atoms with Gasteiger partial charge in [0.2, 0.25) is 5.75 Å². The van der Waals surface area contributed by atoms with E-state index in [0.717, 1.165) is 43.4 Å². The first-order valence-corrected chi connectivity index (χ1v) is 11.8. The van der Waals surface area contributed by atoms with Crippen LogP contribution in [0.25, 0.3) is 11.1 Å². The van der Waals surface area contributed by atoms with Crippen LogP contribution in [0.3, 0.4) is 0 Å². The SMILES string of the molecule is FCCCC/C=C/[C@H]1CC[C@H](CCc2ccc(-c3cc(F)c(OC(F)(F)F)c(F)c3)cc2)CC1. The van der Waals surface area contributed by atoms with E-state index < -0.39 is 23.7 Å². The highest BCUT2D eigenvalue weighted by Crippen LogP contribution is 2.34. The number of allylic oxidation sites excluding steroid dienone is 2. The third kappa shape index (κ3) is 8.10. The molecule has 7 heteroatoms. The quantitative estimate of drug-likeness (QED) is 0.186. The molecule has 0 aliphatic heterocycles. The fourth-order valence-electron chi connectivity index (χ4n) is 4.49. The Bertz CT molecular complexity index is 904. The van der Waals surface area contributed by atoms with Gasteiger partial charge in [0.15, 0.2) is 11.6 Å². The summed E-state index contributed by atoms with van der Waals surface area (Å²) in [5, 5.41) is 0. The van der Waals surface area contributed by atoms with Gasteiger partial charge in [-0.15, -0.1) is 13.2 Å². The topological polar surface area (TPSA) is 9.23 Å². The number of halogens is 6. The van der Waals surface area contributed by atoms with Crippen LogP contribution in [0.4, 0.5) is 26.3 Å². The van der Waals surface area contributed by atoms with E-state index in [2.05, 4.69) is 16.9 Å². The molecule has 0 atom stereocenters. The fourth-order valence-corrected chi connectivity index (χ4v) is 4.49. The van der Waals surface area contributed by atoms with E-state index in [4.69, 9.17) is 0 Å². The predicted molar refractivity (Wildman–Crippen MR) is 121 cm³/mol. The molecule has 0 spiro atoms. The van der Waals surface area contributed by atoms with Gasteiger partial charge in [-0.1, -0.05) is 36.4 Å². The molecule has 0 radical (unpaired) electrons. The van der Waals surface area contributed by atoms with Crippen LogP contribution in [-0.4, -0.2) is 13.0 Å². The first-order chi connectivity index (χ1) is 16.2. The highest BCUT2D eigenvalue weighted by molar-refractivity contribution is 5.65. The molecular weight excluding hydrogens is 454 g/mol. The lowest BCUT2D eigenvalue weighted by Crippen LogP contribution is -2.19. The average molecular weight is 485 g/mol. The molecular formula is C27H30F6O. The van der Waals surface area contributed by atoms with E-state index in [1.54, 1.807) is 12.1 Å². The maximum Gasteiger partial charge on any atom is 0.573 e. The summed E-state index contributed by atoms with van der Waals surface area (Å²) in [6.45, 7) is -0.243. The molecule has 0 heterocycles. The lowest BCUT2D eigenvalue weighted by molar-refractivity contribution is -0.276. The van der Waals surface area contributed by atoms with Crippen molar-refractivity contribution in [3.63, 3.8) is 0 Å². The Morgan fingerprint density at radius 1 is 0.882 bits per heavy atom. The van der Waals surface area contributed by atoms with Gasteiger partial charge in [0, 0.05) is 0 Å². The van der Waals surface area contributed by atoms with Crippen LogP contribution in [0, 0.1) is 23.5 Å². The maximum atomic E-state index is 14.0. The van der Waals surface area contributed by atoms with Crippen molar-refractivity contribution in [3.05, 3.63) is 65.7 Å². The lowest BCUT2D eigenvalue weighted by atomic mass is 9.79. The molecule has 2 aromatic carbocycles. The van der Waals surface area contributed by atoms with Crippen molar-refractivity contribution in [2.75, 3.05) is 6.67 Å². The summed E-state index contributed by atoms with van der Waals surface area (Å²) in [6.07, 6.45) is 8.49.